The zero-order valence-corrected chi connectivity index (χ0v) is 23.5. The van der Waals surface area contributed by atoms with Crippen molar-refractivity contribution in [2.24, 2.45) is 0 Å². The average molecular weight is 539 g/mol. The second-order valence-corrected chi connectivity index (χ2v) is 10.3. The average Bonchev–Trinajstić information content (AvgIpc) is 3.07. The molecule has 2 heteroatoms. The molecule has 0 N–H and O–H groups in total. The van der Waals surface area contributed by atoms with E-state index in [1.54, 1.807) is 0 Å². The summed E-state index contributed by atoms with van der Waals surface area (Å²) in [5.74, 6) is 0. The minimum Gasteiger partial charge on any atom is -0.311 e. The van der Waals surface area contributed by atoms with Gasteiger partial charge in [-0.2, -0.15) is 5.26 Å². The van der Waals surface area contributed by atoms with Crippen LogP contribution in [0.3, 0.4) is 0 Å². The van der Waals surface area contributed by atoms with Crippen LogP contribution < -0.4 is 4.90 Å². The zero-order valence-electron chi connectivity index (χ0n) is 23.5. The molecular formula is C40H30N2. The van der Waals surface area contributed by atoms with Crippen LogP contribution in [0, 0.1) is 11.3 Å². The van der Waals surface area contributed by atoms with E-state index in [2.05, 4.69) is 145 Å². The van der Waals surface area contributed by atoms with E-state index in [1.807, 2.05) is 36.4 Å². The van der Waals surface area contributed by atoms with Gasteiger partial charge in [-0.25, -0.2) is 0 Å². The summed E-state index contributed by atoms with van der Waals surface area (Å²) >= 11 is 0. The Morgan fingerprint density at radius 3 is 1.45 bits per heavy atom. The van der Waals surface area contributed by atoms with E-state index in [0.717, 1.165) is 33.8 Å². The van der Waals surface area contributed by atoms with E-state index < -0.39 is 0 Å². The molecule has 200 valence electrons. The predicted molar refractivity (Wildman–Crippen MR) is 177 cm³/mol. The first-order valence-corrected chi connectivity index (χ1v) is 14.1. The molecule has 0 bridgehead atoms. The Kier molecular flexibility index (Phi) is 7.75. The maximum Gasteiger partial charge on any atom is 0.0991 e. The van der Waals surface area contributed by atoms with Crippen LogP contribution in [-0.2, 0) is 0 Å². The first-order chi connectivity index (χ1) is 20.7. The Bertz CT molecular complexity index is 1760. The van der Waals surface area contributed by atoms with Crippen LogP contribution in [0.5, 0.6) is 0 Å². The second-order valence-electron chi connectivity index (χ2n) is 10.3. The van der Waals surface area contributed by atoms with Crippen molar-refractivity contribution >= 4 is 28.7 Å². The van der Waals surface area contributed by atoms with E-state index in [9.17, 15) is 5.26 Å². The minimum absolute atomic E-state index is 0.666. The lowest BCUT2D eigenvalue weighted by atomic mass is 10.0. The number of rotatable bonds is 7. The summed E-state index contributed by atoms with van der Waals surface area (Å²) in [4.78, 5) is 2.29. The summed E-state index contributed by atoms with van der Waals surface area (Å²) in [6.45, 7) is 2.11. The Hall–Kier alpha value is -5.65. The molecule has 0 unspecified atom stereocenters. The third-order valence-electron chi connectivity index (χ3n) is 7.44. The lowest BCUT2D eigenvalue weighted by Gasteiger charge is -2.26. The summed E-state index contributed by atoms with van der Waals surface area (Å²) < 4.78 is 0. The fourth-order valence-corrected chi connectivity index (χ4v) is 5.22. The maximum atomic E-state index is 9.25. The number of hydrogen-bond acceptors (Lipinski definition) is 2. The van der Waals surface area contributed by atoms with E-state index in [-0.39, 0.29) is 0 Å². The molecule has 6 aromatic carbocycles. The largest absolute Gasteiger partial charge is 0.311 e. The molecule has 0 fully saturated rings. The Labute approximate surface area is 248 Å². The van der Waals surface area contributed by atoms with Crippen molar-refractivity contribution in [3.8, 4) is 28.3 Å². The van der Waals surface area contributed by atoms with E-state index in [0.29, 0.717) is 5.56 Å². The molecule has 0 saturated heterocycles. The molecule has 6 rings (SSSR count). The number of nitriles is 1. The van der Waals surface area contributed by atoms with Gasteiger partial charge in [-0.3, -0.25) is 0 Å². The fraction of sp³-hybridized carbons (Fsp3) is 0.0250. The molecule has 0 atom stereocenters. The van der Waals surface area contributed by atoms with Crippen molar-refractivity contribution in [1.29, 1.82) is 5.26 Å². The van der Waals surface area contributed by atoms with E-state index in [4.69, 9.17) is 0 Å². The van der Waals surface area contributed by atoms with Gasteiger partial charge in [-0.1, -0.05) is 115 Å². The van der Waals surface area contributed by atoms with Crippen LogP contribution >= 0.6 is 0 Å². The first kappa shape index (κ1) is 26.6. The molecule has 6 aromatic rings. The number of anilines is 3. The molecule has 0 saturated carbocycles. The topological polar surface area (TPSA) is 27.0 Å². The molecule has 0 radical (unpaired) electrons. The molecule has 0 amide bonds. The minimum atomic E-state index is 0.666. The smallest absolute Gasteiger partial charge is 0.0991 e. The lowest BCUT2D eigenvalue weighted by Crippen LogP contribution is -2.09. The van der Waals surface area contributed by atoms with E-state index in [1.165, 1.54) is 22.3 Å². The standard InChI is InChI=1S/C40H30N2/c1-30(27-31-9-8-10-32(28-31)29-41)33-15-21-38(22-16-33)42(39-23-17-36(18-24-39)34-11-4-2-5-12-34)40-25-19-37(20-26-40)35-13-6-3-7-14-35/h2-28H,1H3/b30-27-. The van der Waals surface area contributed by atoms with E-state index >= 15 is 0 Å². The molecule has 0 aliphatic rings. The van der Waals surface area contributed by atoms with Gasteiger partial charge in [-0.05, 0) is 94.4 Å². The molecular weight excluding hydrogens is 508 g/mol. The van der Waals surface area contributed by atoms with Crippen LogP contribution in [0.15, 0.2) is 158 Å². The van der Waals surface area contributed by atoms with Crippen LogP contribution in [0.25, 0.3) is 33.9 Å². The van der Waals surface area contributed by atoms with Gasteiger partial charge < -0.3 is 4.90 Å². The van der Waals surface area contributed by atoms with Gasteiger partial charge in [0.05, 0.1) is 11.6 Å². The van der Waals surface area contributed by atoms with Crippen LogP contribution in [-0.4, -0.2) is 0 Å². The van der Waals surface area contributed by atoms with Crippen molar-refractivity contribution in [3.05, 3.63) is 174 Å². The van der Waals surface area contributed by atoms with Gasteiger partial charge in [0, 0.05) is 17.1 Å². The fourth-order valence-electron chi connectivity index (χ4n) is 5.22. The van der Waals surface area contributed by atoms with Crippen LogP contribution in [0.1, 0.15) is 23.6 Å². The van der Waals surface area contributed by atoms with Crippen molar-refractivity contribution < 1.29 is 0 Å². The maximum absolute atomic E-state index is 9.25. The molecule has 2 nitrogen and oxygen atoms in total. The summed E-state index contributed by atoms with van der Waals surface area (Å²) in [6.07, 6.45) is 2.12. The predicted octanol–water partition coefficient (Wildman–Crippen LogP) is 10.9. The van der Waals surface area contributed by atoms with Crippen molar-refractivity contribution in [3.63, 3.8) is 0 Å². The first-order valence-electron chi connectivity index (χ1n) is 14.1. The number of nitrogens with zero attached hydrogens (tertiary/aromatic N) is 2. The Balaban J connectivity index is 1.35. The highest BCUT2D eigenvalue weighted by molar-refractivity contribution is 5.83. The summed E-state index contributed by atoms with van der Waals surface area (Å²) in [7, 11) is 0. The molecule has 0 aliphatic carbocycles. The van der Waals surface area contributed by atoms with Gasteiger partial charge in [-0.15, -0.1) is 0 Å². The molecule has 42 heavy (non-hydrogen) atoms. The molecule has 0 aromatic heterocycles. The van der Waals surface area contributed by atoms with Crippen molar-refractivity contribution in [2.45, 2.75) is 6.92 Å². The third kappa shape index (κ3) is 5.92. The van der Waals surface area contributed by atoms with Gasteiger partial charge in [0.15, 0.2) is 0 Å². The van der Waals surface area contributed by atoms with Crippen LogP contribution in [0.2, 0.25) is 0 Å². The van der Waals surface area contributed by atoms with Crippen molar-refractivity contribution in [1.82, 2.24) is 0 Å². The third-order valence-corrected chi connectivity index (χ3v) is 7.44. The molecule has 0 heterocycles. The monoisotopic (exact) mass is 538 g/mol. The number of hydrogen-bond donors (Lipinski definition) is 0. The van der Waals surface area contributed by atoms with Gasteiger partial charge in [0.1, 0.15) is 0 Å². The van der Waals surface area contributed by atoms with Crippen molar-refractivity contribution in [2.75, 3.05) is 4.90 Å². The highest BCUT2D eigenvalue weighted by Gasteiger charge is 2.14. The highest BCUT2D eigenvalue weighted by Crippen LogP contribution is 2.37. The summed E-state index contributed by atoms with van der Waals surface area (Å²) in [5.41, 5.74) is 12.0. The number of allylic oxidation sites excluding steroid dienone is 1. The quantitative estimate of drug-likeness (QED) is 0.189. The van der Waals surface area contributed by atoms with Gasteiger partial charge in [0.2, 0.25) is 0 Å². The lowest BCUT2D eigenvalue weighted by molar-refractivity contribution is 1.28. The summed E-state index contributed by atoms with van der Waals surface area (Å²) in [6, 6.07) is 57.0. The molecule has 0 spiro atoms. The normalized spacial score (nSPS) is 11.1. The summed E-state index contributed by atoms with van der Waals surface area (Å²) in [5, 5.41) is 9.25. The SMILES string of the molecule is C/C(=C/c1cccc(C#N)c1)c1ccc(N(c2ccc(-c3ccccc3)cc2)c2ccc(-c3ccccc3)cc2)cc1. The number of benzene rings is 6. The van der Waals surface area contributed by atoms with Crippen LogP contribution in [0.4, 0.5) is 17.1 Å². The molecule has 0 aliphatic heterocycles. The van der Waals surface area contributed by atoms with Gasteiger partial charge >= 0.3 is 0 Å². The Morgan fingerprint density at radius 2 is 0.976 bits per heavy atom. The van der Waals surface area contributed by atoms with Gasteiger partial charge in [0.25, 0.3) is 0 Å². The second kappa shape index (κ2) is 12.3. The highest BCUT2D eigenvalue weighted by atomic mass is 15.1. The zero-order chi connectivity index (χ0) is 28.7. The Morgan fingerprint density at radius 1 is 0.524 bits per heavy atom.